The Morgan fingerprint density at radius 3 is 2.90 bits per heavy atom. The van der Waals surface area contributed by atoms with E-state index >= 15 is 0 Å². The molecule has 0 aliphatic carbocycles. The molecule has 7 nitrogen and oxygen atoms in total. The Morgan fingerprint density at radius 2 is 2.19 bits per heavy atom. The molecule has 1 unspecified atom stereocenters. The molecule has 0 saturated carbocycles. The number of rotatable bonds is 4. The molecule has 3 aromatic rings. The van der Waals surface area contributed by atoms with Gasteiger partial charge in [0.15, 0.2) is 11.5 Å². The van der Waals surface area contributed by atoms with E-state index in [2.05, 4.69) is 15.1 Å². The van der Waals surface area contributed by atoms with Gasteiger partial charge in [0, 0.05) is 11.8 Å². The number of aliphatic hydroxyl groups excluding tert-OH is 1. The molecule has 1 atom stereocenters. The molecule has 2 aromatic heterocycles. The van der Waals surface area contributed by atoms with Crippen molar-refractivity contribution in [3.8, 4) is 5.75 Å². The van der Waals surface area contributed by atoms with Crippen molar-refractivity contribution in [1.82, 2.24) is 19.6 Å². The molecule has 3 rings (SSSR count). The number of anilines is 1. The van der Waals surface area contributed by atoms with E-state index in [9.17, 15) is 5.11 Å². The molecule has 0 amide bonds. The van der Waals surface area contributed by atoms with E-state index in [4.69, 9.17) is 10.5 Å². The number of aromatic nitrogens is 4. The van der Waals surface area contributed by atoms with E-state index in [1.807, 2.05) is 25.1 Å². The molecule has 21 heavy (non-hydrogen) atoms. The summed E-state index contributed by atoms with van der Waals surface area (Å²) in [5.74, 6) is 1.43. The van der Waals surface area contributed by atoms with Crippen LogP contribution in [-0.2, 0) is 6.42 Å². The van der Waals surface area contributed by atoms with E-state index in [-0.39, 0.29) is 5.95 Å². The molecule has 110 valence electrons. The monoisotopic (exact) mass is 287 g/mol. The van der Waals surface area contributed by atoms with Crippen LogP contribution in [0.15, 0.2) is 18.2 Å². The number of hydrogen-bond donors (Lipinski definition) is 2. The van der Waals surface area contributed by atoms with Gasteiger partial charge in [-0.2, -0.15) is 4.52 Å². The first kappa shape index (κ1) is 13.6. The van der Waals surface area contributed by atoms with Crippen LogP contribution in [0.25, 0.3) is 16.6 Å². The number of ether oxygens (including phenoxy) is 1. The average molecular weight is 287 g/mol. The van der Waals surface area contributed by atoms with Crippen LogP contribution in [0.1, 0.15) is 19.2 Å². The Balaban J connectivity index is 2.24. The van der Waals surface area contributed by atoms with Crippen LogP contribution < -0.4 is 10.5 Å². The van der Waals surface area contributed by atoms with Crippen molar-refractivity contribution in [3.05, 3.63) is 24.0 Å². The molecule has 2 heterocycles. The van der Waals surface area contributed by atoms with E-state index < -0.39 is 6.10 Å². The molecule has 0 radical (unpaired) electrons. The molecule has 7 heteroatoms. The predicted molar refractivity (Wildman–Crippen MR) is 79.3 cm³/mol. The fourth-order valence-electron chi connectivity index (χ4n) is 2.28. The van der Waals surface area contributed by atoms with Crippen molar-refractivity contribution in [3.63, 3.8) is 0 Å². The second-order valence-corrected chi connectivity index (χ2v) is 4.86. The molecule has 0 aliphatic heterocycles. The normalized spacial score (nSPS) is 12.9. The summed E-state index contributed by atoms with van der Waals surface area (Å²) in [6.07, 6.45) is 0.582. The van der Waals surface area contributed by atoms with Crippen molar-refractivity contribution < 1.29 is 9.84 Å². The van der Waals surface area contributed by atoms with E-state index in [0.717, 1.165) is 5.39 Å². The van der Waals surface area contributed by atoms with Gasteiger partial charge in [-0.05, 0) is 18.6 Å². The van der Waals surface area contributed by atoms with Gasteiger partial charge < -0.3 is 15.6 Å². The summed E-state index contributed by atoms with van der Waals surface area (Å²) in [7, 11) is 1.59. The fourth-order valence-corrected chi connectivity index (χ4v) is 2.28. The topological polar surface area (TPSA) is 98.6 Å². The third kappa shape index (κ3) is 2.25. The first-order valence-electron chi connectivity index (χ1n) is 6.80. The van der Waals surface area contributed by atoms with Crippen molar-refractivity contribution in [2.24, 2.45) is 0 Å². The maximum atomic E-state index is 9.75. The zero-order chi connectivity index (χ0) is 15.0. The number of benzene rings is 1. The van der Waals surface area contributed by atoms with Crippen LogP contribution in [0.2, 0.25) is 0 Å². The first-order valence-corrected chi connectivity index (χ1v) is 6.80. The maximum Gasteiger partial charge on any atom is 0.223 e. The summed E-state index contributed by atoms with van der Waals surface area (Å²) in [4.78, 5) is 8.82. The number of fused-ring (bicyclic) bond motifs is 3. The number of nitrogen functional groups attached to an aromatic ring is 1. The van der Waals surface area contributed by atoms with Crippen LogP contribution in [0.4, 0.5) is 5.95 Å². The number of methoxy groups -OCH3 is 1. The lowest BCUT2D eigenvalue weighted by Crippen LogP contribution is -2.10. The van der Waals surface area contributed by atoms with E-state index in [1.165, 1.54) is 4.52 Å². The largest absolute Gasteiger partial charge is 0.494 e. The summed E-state index contributed by atoms with van der Waals surface area (Å²) in [6, 6.07) is 5.59. The van der Waals surface area contributed by atoms with Crippen LogP contribution in [0.5, 0.6) is 5.75 Å². The van der Waals surface area contributed by atoms with Crippen LogP contribution in [-0.4, -0.2) is 37.9 Å². The van der Waals surface area contributed by atoms with Crippen molar-refractivity contribution >= 4 is 22.5 Å². The lowest BCUT2D eigenvalue weighted by atomic mass is 10.2. The molecule has 0 bridgehead atoms. The second kappa shape index (κ2) is 5.17. The Bertz CT molecular complexity index is 799. The standard InChI is InChI=1S/C14H17N5O2/c1-3-8(20)7-11-16-13-9-5-4-6-10(21-2)12(9)17-14(15)19(13)18-11/h4-6,8,20H,3,7H2,1-2H3,(H2,15,17). The van der Waals surface area contributed by atoms with Gasteiger partial charge in [0.25, 0.3) is 0 Å². The highest BCUT2D eigenvalue weighted by molar-refractivity contribution is 5.95. The summed E-state index contributed by atoms with van der Waals surface area (Å²) in [6.45, 7) is 1.91. The average Bonchev–Trinajstić information content (AvgIpc) is 2.91. The number of aliphatic hydroxyl groups is 1. The smallest absolute Gasteiger partial charge is 0.223 e. The maximum absolute atomic E-state index is 9.75. The van der Waals surface area contributed by atoms with Crippen LogP contribution in [0.3, 0.4) is 0 Å². The first-order chi connectivity index (χ1) is 10.1. The molecule has 0 fully saturated rings. The van der Waals surface area contributed by atoms with Gasteiger partial charge in [0.1, 0.15) is 11.3 Å². The summed E-state index contributed by atoms with van der Waals surface area (Å²) >= 11 is 0. The van der Waals surface area contributed by atoms with Gasteiger partial charge in [0.05, 0.1) is 13.2 Å². The van der Waals surface area contributed by atoms with Gasteiger partial charge in [-0.25, -0.2) is 9.97 Å². The SMILES string of the molecule is CCC(O)Cc1nc2c3cccc(OC)c3nc(N)n2n1. The summed E-state index contributed by atoms with van der Waals surface area (Å²) in [5, 5.41) is 14.9. The Labute approximate surface area is 121 Å². The summed E-state index contributed by atoms with van der Waals surface area (Å²) < 4.78 is 6.80. The molecule has 1 aromatic carbocycles. The zero-order valence-corrected chi connectivity index (χ0v) is 11.9. The van der Waals surface area contributed by atoms with Crippen molar-refractivity contribution in [2.75, 3.05) is 12.8 Å². The van der Waals surface area contributed by atoms with Gasteiger partial charge in [0.2, 0.25) is 5.95 Å². The minimum absolute atomic E-state index is 0.242. The van der Waals surface area contributed by atoms with Gasteiger partial charge in [-0.3, -0.25) is 0 Å². The van der Waals surface area contributed by atoms with Crippen molar-refractivity contribution in [2.45, 2.75) is 25.9 Å². The van der Waals surface area contributed by atoms with E-state index in [1.54, 1.807) is 7.11 Å². The van der Waals surface area contributed by atoms with E-state index in [0.29, 0.717) is 35.6 Å². The van der Waals surface area contributed by atoms with Crippen LogP contribution in [0, 0.1) is 0 Å². The fraction of sp³-hybridized carbons (Fsp3) is 0.357. The molecular weight excluding hydrogens is 270 g/mol. The molecular formula is C14H17N5O2. The van der Waals surface area contributed by atoms with Gasteiger partial charge >= 0.3 is 0 Å². The highest BCUT2D eigenvalue weighted by Gasteiger charge is 2.15. The Kier molecular flexibility index (Phi) is 3.34. The molecule has 0 saturated heterocycles. The molecule has 0 aliphatic rings. The minimum Gasteiger partial charge on any atom is -0.494 e. The minimum atomic E-state index is -0.461. The van der Waals surface area contributed by atoms with Crippen molar-refractivity contribution in [1.29, 1.82) is 0 Å². The number of hydrogen-bond acceptors (Lipinski definition) is 6. The zero-order valence-electron chi connectivity index (χ0n) is 11.9. The van der Waals surface area contributed by atoms with Crippen LogP contribution >= 0.6 is 0 Å². The molecule has 0 spiro atoms. The second-order valence-electron chi connectivity index (χ2n) is 4.86. The quantitative estimate of drug-likeness (QED) is 0.747. The highest BCUT2D eigenvalue weighted by Crippen LogP contribution is 2.27. The third-order valence-corrected chi connectivity index (χ3v) is 3.44. The Morgan fingerprint density at radius 1 is 1.38 bits per heavy atom. The third-order valence-electron chi connectivity index (χ3n) is 3.44. The lowest BCUT2D eigenvalue weighted by molar-refractivity contribution is 0.168. The number of nitrogens with two attached hydrogens (primary N) is 1. The summed E-state index contributed by atoms with van der Waals surface area (Å²) in [5.41, 5.74) is 7.23. The van der Waals surface area contributed by atoms with Gasteiger partial charge in [-0.1, -0.05) is 13.0 Å². The number of nitrogens with zero attached hydrogens (tertiary/aromatic N) is 4. The van der Waals surface area contributed by atoms with Gasteiger partial charge in [-0.15, -0.1) is 5.10 Å². The molecule has 3 N–H and O–H groups in total. The highest BCUT2D eigenvalue weighted by atomic mass is 16.5. The lowest BCUT2D eigenvalue weighted by Gasteiger charge is -2.06. The predicted octanol–water partition coefficient (Wildman–Crippen LogP) is 1.18. The Hall–Kier alpha value is -2.41. The number of para-hydroxylation sites is 1.